The van der Waals surface area contributed by atoms with Crippen LogP contribution in [0.2, 0.25) is 0 Å². The van der Waals surface area contributed by atoms with Crippen LogP contribution in [0.5, 0.6) is 0 Å². The number of halogens is 1. The summed E-state index contributed by atoms with van der Waals surface area (Å²) >= 11 is 5.01. The minimum absolute atomic E-state index is 0.0450. The number of aromatic nitrogens is 1. The summed E-state index contributed by atoms with van der Waals surface area (Å²) in [6.07, 6.45) is 5.48. The molecule has 39 heavy (non-hydrogen) atoms. The Kier molecular flexibility index (Phi) is 6.25. The lowest BCUT2D eigenvalue weighted by molar-refractivity contribution is 0.487. The van der Waals surface area contributed by atoms with Gasteiger partial charge in [0.05, 0.1) is 23.0 Å². The highest BCUT2D eigenvalue weighted by Crippen LogP contribution is 2.47. The van der Waals surface area contributed by atoms with Crippen LogP contribution in [0.3, 0.4) is 0 Å². The second-order valence-corrected chi connectivity index (χ2v) is 11.7. The summed E-state index contributed by atoms with van der Waals surface area (Å²) in [5.41, 5.74) is 6.06. The highest BCUT2D eigenvalue weighted by atomic mass is 79.9. The van der Waals surface area contributed by atoms with Crippen LogP contribution in [0.15, 0.2) is 115 Å². The van der Waals surface area contributed by atoms with Crippen LogP contribution in [0, 0.1) is 5.92 Å². The average molecular weight is 595 g/mol. The molecule has 0 radical (unpaired) electrons. The van der Waals surface area contributed by atoms with E-state index in [4.69, 9.17) is 14.5 Å². The quantitative estimate of drug-likeness (QED) is 0.196. The van der Waals surface area contributed by atoms with E-state index >= 15 is 0 Å². The van der Waals surface area contributed by atoms with Gasteiger partial charge in [0, 0.05) is 21.2 Å². The van der Waals surface area contributed by atoms with Gasteiger partial charge in [-0.3, -0.25) is 0 Å². The molecule has 1 aliphatic carbocycles. The van der Waals surface area contributed by atoms with E-state index in [0.29, 0.717) is 16.8 Å². The molecule has 2 aromatic heterocycles. The van der Waals surface area contributed by atoms with Crippen molar-refractivity contribution in [2.45, 2.75) is 25.3 Å². The van der Waals surface area contributed by atoms with Gasteiger partial charge in [-0.05, 0) is 66.3 Å². The monoisotopic (exact) mass is 593 g/mol. The Balaban J connectivity index is 1.32. The fourth-order valence-corrected chi connectivity index (χ4v) is 6.85. The number of hydrogen-bond acceptors (Lipinski definition) is 6. The molecule has 1 fully saturated rings. The number of anilines is 1. The van der Waals surface area contributed by atoms with Gasteiger partial charge in [0.1, 0.15) is 5.58 Å². The van der Waals surface area contributed by atoms with Crippen molar-refractivity contribution in [3.05, 3.63) is 122 Å². The van der Waals surface area contributed by atoms with Crippen molar-refractivity contribution in [3.8, 4) is 11.3 Å². The first-order valence-electron chi connectivity index (χ1n) is 13.0. The Labute approximate surface area is 238 Å². The minimum Gasteiger partial charge on any atom is -0.422 e. The van der Waals surface area contributed by atoms with Gasteiger partial charge in [0.25, 0.3) is 0 Å². The molecular formula is C32H24BrN3O2S. The molecule has 2 aliphatic rings. The van der Waals surface area contributed by atoms with Gasteiger partial charge in [-0.25, -0.2) is 14.8 Å². The number of rotatable bonds is 4. The lowest BCUT2D eigenvalue weighted by Gasteiger charge is -2.29. The van der Waals surface area contributed by atoms with Crippen molar-refractivity contribution in [3.63, 3.8) is 0 Å². The summed E-state index contributed by atoms with van der Waals surface area (Å²) < 4.78 is 6.54. The molecule has 3 heterocycles. The maximum Gasteiger partial charge on any atom is 0.345 e. The normalized spacial score (nSPS) is 19.9. The second-order valence-electron chi connectivity index (χ2n) is 9.91. The molecule has 5 nitrogen and oxygen atoms in total. The first-order valence-corrected chi connectivity index (χ1v) is 14.7. The van der Waals surface area contributed by atoms with Gasteiger partial charge >= 0.3 is 5.63 Å². The molecule has 7 rings (SSSR count). The third-order valence-corrected chi connectivity index (χ3v) is 8.76. The van der Waals surface area contributed by atoms with E-state index in [0.717, 1.165) is 40.0 Å². The van der Waals surface area contributed by atoms with Crippen molar-refractivity contribution in [2.75, 3.05) is 5.01 Å². The van der Waals surface area contributed by atoms with E-state index in [1.807, 2.05) is 35.7 Å². The van der Waals surface area contributed by atoms with Gasteiger partial charge < -0.3 is 4.42 Å². The lowest BCUT2D eigenvalue weighted by atomic mass is 9.77. The Hall–Kier alpha value is -3.81. The lowest BCUT2D eigenvalue weighted by Crippen LogP contribution is -2.28. The Morgan fingerprint density at radius 2 is 1.79 bits per heavy atom. The van der Waals surface area contributed by atoms with Gasteiger partial charge in [0.15, 0.2) is 0 Å². The molecule has 2 unspecified atom stereocenters. The summed E-state index contributed by atoms with van der Waals surface area (Å²) in [6.45, 7) is 0. The van der Waals surface area contributed by atoms with E-state index < -0.39 is 5.63 Å². The molecule has 0 amide bonds. The Morgan fingerprint density at radius 1 is 1.00 bits per heavy atom. The van der Waals surface area contributed by atoms with Crippen molar-refractivity contribution in [1.29, 1.82) is 0 Å². The third-order valence-electron chi connectivity index (χ3n) is 7.44. The fourth-order valence-electron chi connectivity index (χ4n) is 5.66. The number of fused-ring (bicyclic) bond motifs is 2. The molecule has 1 aliphatic heterocycles. The number of nitrogens with zero attached hydrogens (tertiary/aromatic N) is 3. The van der Waals surface area contributed by atoms with E-state index in [1.54, 1.807) is 6.07 Å². The maximum atomic E-state index is 12.9. The number of thiazole rings is 1. The van der Waals surface area contributed by atoms with Crippen molar-refractivity contribution < 1.29 is 4.42 Å². The Morgan fingerprint density at radius 3 is 2.62 bits per heavy atom. The molecule has 0 bridgehead atoms. The van der Waals surface area contributed by atoms with Crippen molar-refractivity contribution >= 4 is 55.2 Å². The van der Waals surface area contributed by atoms with E-state index in [-0.39, 0.29) is 12.0 Å². The number of allylic oxidation sites excluding steroid dienone is 1. The van der Waals surface area contributed by atoms with E-state index in [9.17, 15) is 4.79 Å². The van der Waals surface area contributed by atoms with Crippen molar-refractivity contribution in [1.82, 2.24) is 4.98 Å². The second kappa shape index (κ2) is 10.1. The number of benzene rings is 3. The largest absolute Gasteiger partial charge is 0.422 e. The van der Waals surface area contributed by atoms with Crippen LogP contribution in [-0.4, -0.2) is 10.7 Å². The average Bonchev–Trinajstić information content (AvgIpc) is 3.60. The summed E-state index contributed by atoms with van der Waals surface area (Å²) in [4.78, 5) is 17.8. The molecule has 0 N–H and O–H groups in total. The molecule has 7 heteroatoms. The molecule has 192 valence electrons. The van der Waals surface area contributed by atoms with Crippen LogP contribution in [0.1, 0.15) is 36.4 Å². The number of hydrazone groups is 1. The zero-order valence-electron chi connectivity index (χ0n) is 21.0. The number of hydrogen-bond donors (Lipinski definition) is 0. The molecule has 0 spiro atoms. The van der Waals surface area contributed by atoms with Crippen LogP contribution in [-0.2, 0) is 0 Å². The van der Waals surface area contributed by atoms with E-state index in [2.05, 4.69) is 75.5 Å². The van der Waals surface area contributed by atoms with Crippen LogP contribution in [0.25, 0.3) is 28.3 Å². The summed E-state index contributed by atoms with van der Waals surface area (Å²) in [5.74, 6) is 0.270. The molecule has 2 atom stereocenters. The smallest absolute Gasteiger partial charge is 0.345 e. The van der Waals surface area contributed by atoms with Gasteiger partial charge in [-0.2, -0.15) is 5.10 Å². The van der Waals surface area contributed by atoms with Crippen LogP contribution in [0.4, 0.5) is 5.13 Å². The predicted octanol–water partition coefficient (Wildman–Crippen LogP) is 8.48. The maximum absolute atomic E-state index is 12.9. The molecule has 1 saturated carbocycles. The molecule has 3 aromatic carbocycles. The summed E-state index contributed by atoms with van der Waals surface area (Å²) in [7, 11) is 0. The van der Waals surface area contributed by atoms with Gasteiger partial charge in [0.2, 0.25) is 5.13 Å². The first kappa shape index (κ1) is 24.2. The summed E-state index contributed by atoms with van der Waals surface area (Å²) in [6, 6.07) is 28.5. The topological polar surface area (TPSA) is 58.7 Å². The highest BCUT2D eigenvalue weighted by molar-refractivity contribution is 9.10. The molecule has 0 saturated heterocycles. The zero-order valence-corrected chi connectivity index (χ0v) is 23.4. The zero-order chi connectivity index (χ0) is 26.3. The first-order chi connectivity index (χ1) is 19.1. The van der Waals surface area contributed by atoms with Crippen molar-refractivity contribution in [2.24, 2.45) is 11.0 Å². The van der Waals surface area contributed by atoms with E-state index in [1.165, 1.54) is 28.0 Å². The third kappa shape index (κ3) is 4.56. The molecular weight excluding hydrogens is 570 g/mol. The minimum atomic E-state index is -0.393. The van der Waals surface area contributed by atoms with Crippen LogP contribution >= 0.6 is 27.3 Å². The van der Waals surface area contributed by atoms with Crippen LogP contribution < -0.4 is 10.6 Å². The summed E-state index contributed by atoms with van der Waals surface area (Å²) in [5, 5.41) is 10.8. The SMILES string of the molecule is O=c1oc2ccc(Br)cc2cc1-c1csc(N2N=C3/C(=C/c4ccccc4)CCCC3C2c2ccccc2)n1. The highest BCUT2D eigenvalue weighted by Gasteiger charge is 2.42. The van der Waals surface area contributed by atoms with Gasteiger partial charge in [-0.15, -0.1) is 11.3 Å². The Bertz CT molecular complexity index is 1790. The fraction of sp³-hybridized carbons (Fsp3) is 0.156. The van der Waals surface area contributed by atoms with Gasteiger partial charge in [-0.1, -0.05) is 76.6 Å². The standard InChI is InChI=1S/C32H24BrN3O2S/c33-24-14-15-28-23(17-24)18-26(31(37)38-28)27-19-39-32(34-27)36-30(21-10-5-2-6-11-21)25-13-7-12-22(29(25)35-36)16-20-8-3-1-4-9-20/h1-6,8-11,14-19,25,30H,7,12-13H2/b22-16+. The predicted molar refractivity (Wildman–Crippen MR) is 162 cm³/mol. The molecule has 5 aromatic rings.